The molecule has 0 unspecified atom stereocenters. The normalized spacial score (nSPS) is 12.2. The fourth-order valence-corrected chi connectivity index (χ4v) is 0.337. The number of aliphatic hydroxyl groups excluding tert-OH is 1. The van der Waals surface area contributed by atoms with E-state index < -0.39 is 18.6 Å². The Morgan fingerprint density at radius 3 is 2.80 bits per heavy atom. The smallest absolute Gasteiger partial charge is 0.239 e. The summed E-state index contributed by atoms with van der Waals surface area (Å²) >= 11 is 0. The monoisotopic (exact) mass is 145 g/mol. The van der Waals surface area contributed by atoms with Gasteiger partial charge in [0.2, 0.25) is 12.2 Å². The summed E-state index contributed by atoms with van der Waals surface area (Å²) in [4.78, 5) is 20.1. The minimum Gasteiger partial charge on any atom is -0.394 e. The molecule has 0 aromatic heterocycles. The molecule has 0 heterocycles. The lowest BCUT2D eigenvalue weighted by Gasteiger charge is -2.05. The molecular weight excluding hydrogens is 136 g/mol. The quantitative estimate of drug-likeness (QED) is 0.409. The molecule has 57 valence electrons. The van der Waals surface area contributed by atoms with Gasteiger partial charge in [0.15, 0.2) is 0 Å². The van der Waals surface area contributed by atoms with Gasteiger partial charge in [-0.2, -0.15) is 0 Å². The Morgan fingerprint density at radius 1 is 1.80 bits per heavy atom. The molecule has 0 rings (SSSR count). The van der Waals surface area contributed by atoms with Crippen molar-refractivity contribution in [1.82, 2.24) is 5.32 Å². The van der Waals surface area contributed by atoms with Gasteiger partial charge in [0, 0.05) is 0 Å². The average Bonchev–Trinajstić information content (AvgIpc) is 1.98. The molecular formula is C5H9N2O3. The standard InChI is InChI=1S/C5H9N2O3/c6-4(3-9)5(10)7-1-2-8/h4,9H,1,3,6H2,(H,7,10)/t4-/m0/s1. The van der Waals surface area contributed by atoms with E-state index in [4.69, 9.17) is 10.8 Å². The third-order valence-corrected chi connectivity index (χ3v) is 0.868. The van der Waals surface area contributed by atoms with Crippen molar-refractivity contribution < 1.29 is 14.7 Å². The highest BCUT2D eigenvalue weighted by molar-refractivity contribution is 5.83. The van der Waals surface area contributed by atoms with Gasteiger partial charge in [-0.3, -0.25) is 9.59 Å². The zero-order valence-electron chi connectivity index (χ0n) is 5.33. The summed E-state index contributed by atoms with van der Waals surface area (Å²) in [6.07, 6.45) is 1.46. The van der Waals surface area contributed by atoms with Crippen LogP contribution in [0.2, 0.25) is 0 Å². The van der Waals surface area contributed by atoms with Crippen LogP contribution < -0.4 is 11.1 Å². The van der Waals surface area contributed by atoms with Gasteiger partial charge in [0.05, 0.1) is 13.2 Å². The predicted octanol–water partition coefficient (Wildman–Crippen LogP) is -2.47. The highest BCUT2D eigenvalue weighted by atomic mass is 16.3. The van der Waals surface area contributed by atoms with Crippen molar-refractivity contribution in [3.63, 3.8) is 0 Å². The van der Waals surface area contributed by atoms with E-state index in [0.29, 0.717) is 0 Å². The largest absolute Gasteiger partial charge is 0.394 e. The number of carbonyl (C=O) groups excluding carboxylic acids is 2. The van der Waals surface area contributed by atoms with Crippen molar-refractivity contribution in [3.8, 4) is 0 Å². The van der Waals surface area contributed by atoms with Crippen LogP contribution in [0.1, 0.15) is 0 Å². The molecule has 5 nitrogen and oxygen atoms in total. The van der Waals surface area contributed by atoms with Gasteiger partial charge in [-0.15, -0.1) is 0 Å². The molecule has 0 bridgehead atoms. The minimum absolute atomic E-state index is 0.188. The Morgan fingerprint density at radius 2 is 2.40 bits per heavy atom. The molecule has 0 aromatic rings. The number of carbonyl (C=O) groups is 1. The molecule has 10 heavy (non-hydrogen) atoms. The Balaban J connectivity index is 3.51. The maximum atomic E-state index is 10.6. The first-order chi connectivity index (χ1) is 4.72. The summed E-state index contributed by atoms with van der Waals surface area (Å²) in [6, 6.07) is -0.951. The lowest BCUT2D eigenvalue weighted by Crippen LogP contribution is -2.43. The van der Waals surface area contributed by atoms with Crippen LogP contribution in [-0.2, 0) is 9.59 Å². The van der Waals surface area contributed by atoms with E-state index in [-0.39, 0.29) is 6.54 Å². The average molecular weight is 145 g/mol. The van der Waals surface area contributed by atoms with Crippen molar-refractivity contribution in [1.29, 1.82) is 0 Å². The zero-order chi connectivity index (χ0) is 7.98. The van der Waals surface area contributed by atoms with Gasteiger partial charge in [-0.25, -0.2) is 0 Å². The van der Waals surface area contributed by atoms with E-state index in [0.717, 1.165) is 0 Å². The van der Waals surface area contributed by atoms with E-state index in [1.807, 2.05) is 0 Å². The maximum Gasteiger partial charge on any atom is 0.239 e. The van der Waals surface area contributed by atoms with Gasteiger partial charge < -0.3 is 16.2 Å². The summed E-state index contributed by atoms with van der Waals surface area (Å²) in [5.74, 6) is -0.550. The third kappa shape index (κ3) is 3.16. The summed E-state index contributed by atoms with van der Waals surface area (Å²) in [5.41, 5.74) is 5.07. The molecule has 0 saturated heterocycles. The van der Waals surface area contributed by atoms with Crippen LogP contribution in [0.5, 0.6) is 0 Å². The van der Waals surface area contributed by atoms with E-state index in [1.165, 1.54) is 6.29 Å². The molecule has 0 aliphatic heterocycles. The zero-order valence-corrected chi connectivity index (χ0v) is 5.33. The molecule has 1 radical (unpaired) electrons. The van der Waals surface area contributed by atoms with Crippen LogP contribution in [0.15, 0.2) is 0 Å². The fraction of sp³-hybridized carbons (Fsp3) is 0.600. The first kappa shape index (κ1) is 9.06. The topological polar surface area (TPSA) is 92.4 Å². The van der Waals surface area contributed by atoms with Gasteiger partial charge in [-0.1, -0.05) is 0 Å². The summed E-state index contributed by atoms with van der Waals surface area (Å²) in [6.45, 7) is -0.614. The molecule has 0 aliphatic rings. The summed E-state index contributed by atoms with van der Waals surface area (Å²) in [5, 5.41) is 10.5. The number of amides is 1. The number of nitrogens with one attached hydrogen (secondary N) is 1. The molecule has 0 fully saturated rings. The van der Waals surface area contributed by atoms with Crippen molar-refractivity contribution in [2.24, 2.45) is 5.73 Å². The van der Waals surface area contributed by atoms with Gasteiger partial charge in [0.25, 0.3) is 0 Å². The van der Waals surface area contributed by atoms with Crippen LogP contribution >= 0.6 is 0 Å². The summed E-state index contributed by atoms with van der Waals surface area (Å²) < 4.78 is 0. The minimum atomic E-state index is -0.951. The van der Waals surface area contributed by atoms with Crippen molar-refractivity contribution in [2.45, 2.75) is 6.04 Å². The van der Waals surface area contributed by atoms with Crippen molar-refractivity contribution in [2.75, 3.05) is 13.2 Å². The molecule has 1 atom stereocenters. The number of rotatable bonds is 4. The lowest BCUT2D eigenvalue weighted by atomic mass is 10.3. The fourth-order valence-electron chi connectivity index (χ4n) is 0.337. The number of hydrogen-bond donors (Lipinski definition) is 3. The van der Waals surface area contributed by atoms with Crippen LogP contribution in [-0.4, -0.2) is 36.5 Å². The summed E-state index contributed by atoms with van der Waals surface area (Å²) in [7, 11) is 0. The molecule has 0 aliphatic carbocycles. The van der Waals surface area contributed by atoms with Crippen molar-refractivity contribution >= 4 is 12.2 Å². The van der Waals surface area contributed by atoms with Crippen LogP contribution in [0.4, 0.5) is 0 Å². The molecule has 4 N–H and O–H groups in total. The van der Waals surface area contributed by atoms with Crippen molar-refractivity contribution in [3.05, 3.63) is 0 Å². The van der Waals surface area contributed by atoms with Crippen LogP contribution in [0.3, 0.4) is 0 Å². The SMILES string of the molecule is N[C@@H](CO)C(=O)NC[C]=O. The number of nitrogens with two attached hydrogens (primary N) is 1. The number of hydrogen-bond acceptors (Lipinski definition) is 4. The Bertz CT molecular complexity index is 126. The van der Waals surface area contributed by atoms with Gasteiger partial charge in [0.1, 0.15) is 6.04 Å². The molecule has 0 aromatic carbocycles. The highest BCUT2D eigenvalue weighted by Gasteiger charge is 2.09. The second kappa shape index (κ2) is 4.89. The molecule has 5 heteroatoms. The maximum absolute atomic E-state index is 10.6. The van der Waals surface area contributed by atoms with E-state index in [1.54, 1.807) is 0 Å². The van der Waals surface area contributed by atoms with E-state index >= 15 is 0 Å². The van der Waals surface area contributed by atoms with E-state index in [2.05, 4.69) is 5.32 Å². The Kier molecular flexibility index (Phi) is 4.43. The lowest BCUT2D eigenvalue weighted by molar-refractivity contribution is -0.122. The first-order valence-corrected chi connectivity index (χ1v) is 2.71. The van der Waals surface area contributed by atoms with Crippen LogP contribution in [0.25, 0.3) is 0 Å². The predicted molar refractivity (Wildman–Crippen MR) is 33.8 cm³/mol. The third-order valence-electron chi connectivity index (χ3n) is 0.868. The Hall–Kier alpha value is -0.940. The molecule has 0 spiro atoms. The second-order valence-corrected chi connectivity index (χ2v) is 1.65. The van der Waals surface area contributed by atoms with Crippen LogP contribution in [0, 0.1) is 0 Å². The second-order valence-electron chi connectivity index (χ2n) is 1.65. The van der Waals surface area contributed by atoms with Gasteiger partial charge in [-0.05, 0) is 0 Å². The first-order valence-electron chi connectivity index (χ1n) is 2.71. The number of aliphatic hydroxyl groups is 1. The molecule has 1 amide bonds. The highest BCUT2D eigenvalue weighted by Crippen LogP contribution is 1.73. The van der Waals surface area contributed by atoms with Gasteiger partial charge >= 0.3 is 0 Å². The molecule has 0 saturated carbocycles. The van der Waals surface area contributed by atoms with E-state index in [9.17, 15) is 9.59 Å². The Labute approximate surface area is 58.2 Å².